The molecular weight excluding hydrogens is 182 g/mol. The van der Waals surface area contributed by atoms with Gasteiger partial charge in [-0.3, -0.25) is 0 Å². The van der Waals surface area contributed by atoms with Gasteiger partial charge >= 0.3 is 0 Å². The van der Waals surface area contributed by atoms with Crippen molar-refractivity contribution in [2.75, 3.05) is 6.54 Å². The molecule has 0 amide bonds. The average Bonchev–Trinajstić information content (AvgIpc) is 2.20. The van der Waals surface area contributed by atoms with Crippen molar-refractivity contribution in [3.05, 3.63) is 35.4 Å². The minimum Gasteiger partial charge on any atom is -0.314 e. The fraction of sp³-hybridized carbons (Fsp3) is 0.571. The van der Waals surface area contributed by atoms with Crippen molar-refractivity contribution in [1.82, 2.24) is 5.32 Å². The van der Waals surface area contributed by atoms with Gasteiger partial charge in [-0.1, -0.05) is 51.5 Å². The molecule has 0 unspecified atom stereocenters. The number of nitrogens with one attached hydrogen (secondary N) is 1. The lowest BCUT2D eigenvalue weighted by molar-refractivity contribution is 0.590. The first-order chi connectivity index (χ1) is 7.22. The molecule has 0 heterocycles. The third kappa shape index (κ3) is 4.98. The first-order valence-corrected chi connectivity index (χ1v) is 6.03. The Morgan fingerprint density at radius 2 is 1.53 bits per heavy atom. The topological polar surface area (TPSA) is 12.0 Å². The average molecular weight is 205 g/mol. The number of hydrogen-bond donors (Lipinski definition) is 1. The highest BCUT2D eigenvalue weighted by molar-refractivity contribution is 5.22. The quantitative estimate of drug-likeness (QED) is 0.752. The van der Waals surface area contributed by atoms with Gasteiger partial charge in [-0.05, 0) is 30.5 Å². The van der Waals surface area contributed by atoms with Gasteiger partial charge in [0.1, 0.15) is 0 Å². The van der Waals surface area contributed by atoms with Crippen LogP contribution >= 0.6 is 0 Å². The second-order valence-corrected chi connectivity index (χ2v) is 4.43. The van der Waals surface area contributed by atoms with Gasteiger partial charge in [0.25, 0.3) is 0 Å². The summed E-state index contributed by atoms with van der Waals surface area (Å²) in [5.74, 6) is 0. The molecule has 0 aliphatic heterocycles. The number of hydrogen-bond acceptors (Lipinski definition) is 1. The molecule has 0 aliphatic carbocycles. The van der Waals surface area contributed by atoms with Gasteiger partial charge in [0.2, 0.25) is 0 Å². The zero-order valence-corrected chi connectivity index (χ0v) is 10.2. The Labute approximate surface area is 93.9 Å². The van der Waals surface area contributed by atoms with E-state index >= 15 is 0 Å². The molecule has 15 heavy (non-hydrogen) atoms. The summed E-state index contributed by atoms with van der Waals surface area (Å²) < 4.78 is 0. The minimum atomic E-state index is 0.587. The van der Waals surface area contributed by atoms with Gasteiger partial charge in [0.05, 0.1) is 0 Å². The molecule has 84 valence electrons. The molecular formula is C14H23N. The first kappa shape index (κ1) is 12.3. The zero-order valence-electron chi connectivity index (χ0n) is 10.2. The summed E-state index contributed by atoms with van der Waals surface area (Å²) in [5.41, 5.74) is 2.89. The van der Waals surface area contributed by atoms with Crippen molar-refractivity contribution < 1.29 is 0 Å². The Balaban J connectivity index is 2.36. The molecule has 0 bridgehead atoms. The zero-order chi connectivity index (χ0) is 11.1. The Morgan fingerprint density at radius 1 is 1.00 bits per heavy atom. The van der Waals surface area contributed by atoms with Gasteiger partial charge in [0.15, 0.2) is 0 Å². The Hall–Kier alpha value is -0.820. The SMILES string of the molecule is CCCc1ccc(CCNC(C)C)cc1. The van der Waals surface area contributed by atoms with E-state index in [1.165, 1.54) is 24.0 Å². The minimum absolute atomic E-state index is 0.587. The third-order valence-corrected chi connectivity index (χ3v) is 2.53. The molecule has 0 aromatic heterocycles. The Morgan fingerprint density at radius 3 is 2.00 bits per heavy atom. The fourth-order valence-corrected chi connectivity index (χ4v) is 1.67. The summed E-state index contributed by atoms with van der Waals surface area (Å²) in [4.78, 5) is 0. The number of aryl methyl sites for hydroxylation is 1. The summed E-state index contributed by atoms with van der Waals surface area (Å²) in [6.07, 6.45) is 3.56. The van der Waals surface area contributed by atoms with Crippen LogP contribution < -0.4 is 5.32 Å². The van der Waals surface area contributed by atoms with Crippen LogP contribution in [0.3, 0.4) is 0 Å². The van der Waals surface area contributed by atoms with Crippen molar-refractivity contribution in [3.63, 3.8) is 0 Å². The highest BCUT2D eigenvalue weighted by atomic mass is 14.9. The van der Waals surface area contributed by atoms with E-state index in [2.05, 4.69) is 50.4 Å². The number of rotatable bonds is 6. The van der Waals surface area contributed by atoms with Crippen LogP contribution in [0, 0.1) is 0 Å². The van der Waals surface area contributed by atoms with E-state index in [9.17, 15) is 0 Å². The summed E-state index contributed by atoms with van der Waals surface area (Å²) in [5, 5.41) is 3.43. The van der Waals surface area contributed by atoms with Crippen molar-refractivity contribution in [2.24, 2.45) is 0 Å². The molecule has 1 aromatic carbocycles. The predicted octanol–water partition coefficient (Wildman–Crippen LogP) is 3.18. The molecule has 1 nitrogen and oxygen atoms in total. The van der Waals surface area contributed by atoms with E-state index in [4.69, 9.17) is 0 Å². The normalized spacial score (nSPS) is 10.9. The third-order valence-electron chi connectivity index (χ3n) is 2.53. The van der Waals surface area contributed by atoms with Gasteiger partial charge < -0.3 is 5.32 Å². The molecule has 0 saturated carbocycles. The van der Waals surface area contributed by atoms with Crippen molar-refractivity contribution in [1.29, 1.82) is 0 Å². The summed E-state index contributed by atoms with van der Waals surface area (Å²) in [6, 6.07) is 9.62. The highest BCUT2D eigenvalue weighted by Crippen LogP contribution is 2.06. The van der Waals surface area contributed by atoms with Gasteiger partial charge in [-0.15, -0.1) is 0 Å². The van der Waals surface area contributed by atoms with E-state index in [1.807, 2.05) is 0 Å². The molecule has 0 fully saturated rings. The number of benzene rings is 1. The van der Waals surface area contributed by atoms with Gasteiger partial charge in [-0.2, -0.15) is 0 Å². The van der Waals surface area contributed by atoms with Crippen LogP contribution in [0.4, 0.5) is 0 Å². The van der Waals surface area contributed by atoms with E-state index in [1.54, 1.807) is 0 Å². The van der Waals surface area contributed by atoms with Crippen molar-refractivity contribution in [3.8, 4) is 0 Å². The maximum Gasteiger partial charge on any atom is 0.00105 e. The van der Waals surface area contributed by atoms with Gasteiger partial charge in [-0.25, -0.2) is 0 Å². The van der Waals surface area contributed by atoms with E-state index in [0.29, 0.717) is 6.04 Å². The Kier molecular flexibility index (Phi) is 5.41. The maximum atomic E-state index is 3.43. The van der Waals surface area contributed by atoms with Crippen LogP contribution in [-0.4, -0.2) is 12.6 Å². The van der Waals surface area contributed by atoms with Crippen LogP contribution in [0.5, 0.6) is 0 Å². The molecule has 0 spiro atoms. The first-order valence-electron chi connectivity index (χ1n) is 6.03. The largest absolute Gasteiger partial charge is 0.314 e. The molecule has 1 rings (SSSR count). The molecule has 1 heteroatoms. The highest BCUT2D eigenvalue weighted by Gasteiger charge is 1.95. The van der Waals surface area contributed by atoms with E-state index < -0.39 is 0 Å². The second-order valence-electron chi connectivity index (χ2n) is 4.43. The van der Waals surface area contributed by atoms with Crippen molar-refractivity contribution >= 4 is 0 Å². The fourth-order valence-electron chi connectivity index (χ4n) is 1.67. The summed E-state index contributed by atoms with van der Waals surface area (Å²) in [6.45, 7) is 7.67. The van der Waals surface area contributed by atoms with Gasteiger partial charge in [0, 0.05) is 6.04 Å². The monoisotopic (exact) mass is 205 g/mol. The Bertz CT molecular complexity index is 261. The molecule has 0 radical (unpaired) electrons. The van der Waals surface area contributed by atoms with Crippen LogP contribution in [0.15, 0.2) is 24.3 Å². The lowest BCUT2D eigenvalue weighted by Crippen LogP contribution is -2.24. The molecule has 1 aromatic rings. The molecule has 1 N–H and O–H groups in total. The molecule has 0 aliphatic rings. The van der Waals surface area contributed by atoms with Crippen molar-refractivity contribution in [2.45, 2.75) is 46.1 Å². The van der Waals surface area contributed by atoms with E-state index in [-0.39, 0.29) is 0 Å². The smallest absolute Gasteiger partial charge is 0.00105 e. The maximum absolute atomic E-state index is 3.43. The predicted molar refractivity (Wildman–Crippen MR) is 67.3 cm³/mol. The van der Waals surface area contributed by atoms with Crippen LogP contribution in [0.1, 0.15) is 38.3 Å². The second kappa shape index (κ2) is 6.62. The lowest BCUT2D eigenvalue weighted by Gasteiger charge is -2.08. The van der Waals surface area contributed by atoms with Crippen LogP contribution in [-0.2, 0) is 12.8 Å². The molecule has 0 atom stereocenters. The standard InChI is InChI=1S/C14H23N/c1-4-5-13-6-8-14(9-7-13)10-11-15-12(2)3/h6-9,12,15H,4-5,10-11H2,1-3H3. The van der Waals surface area contributed by atoms with Crippen LogP contribution in [0.2, 0.25) is 0 Å². The summed E-state index contributed by atoms with van der Waals surface area (Å²) >= 11 is 0. The van der Waals surface area contributed by atoms with E-state index in [0.717, 1.165) is 13.0 Å². The lowest BCUT2D eigenvalue weighted by atomic mass is 10.1. The van der Waals surface area contributed by atoms with Crippen LogP contribution in [0.25, 0.3) is 0 Å². The molecule has 0 saturated heterocycles. The summed E-state index contributed by atoms with van der Waals surface area (Å²) in [7, 11) is 0.